The van der Waals surface area contributed by atoms with E-state index < -0.39 is 0 Å². The van der Waals surface area contributed by atoms with Crippen LogP contribution in [-0.2, 0) is 11.3 Å². The molecule has 0 aromatic heterocycles. The molecule has 0 bridgehead atoms. The summed E-state index contributed by atoms with van der Waals surface area (Å²) in [6.07, 6.45) is 0. The molecule has 166 valence electrons. The zero-order valence-corrected chi connectivity index (χ0v) is 18.7. The lowest BCUT2D eigenvalue weighted by atomic mass is 10.1. The first-order valence-corrected chi connectivity index (χ1v) is 10.5. The topological polar surface area (TPSA) is 71.1 Å². The molecule has 0 aliphatic carbocycles. The van der Waals surface area contributed by atoms with E-state index in [0.717, 1.165) is 16.7 Å². The van der Waals surface area contributed by atoms with Crippen molar-refractivity contribution in [2.75, 3.05) is 46.9 Å². The normalized spacial score (nSPS) is 14.3. The van der Waals surface area contributed by atoms with Gasteiger partial charge in [0.2, 0.25) is 5.91 Å². The third-order valence-electron chi connectivity index (χ3n) is 5.74. The van der Waals surface area contributed by atoms with E-state index in [0.29, 0.717) is 50.8 Å². The van der Waals surface area contributed by atoms with Gasteiger partial charge in [-0.25, -0.2) is 0 Å². The van der Waals surface area contributed by atoms with E-state index in [2.05, 4.69) is 10.2 Å². The largest absolute Gasteiger partial charge is 0.493 e. The molecule has 2 aromatic rings. The molecule has 0 spiro atoms. The molecule has 1 fully saturated rings. The van der Waals surface area contributed by atoms with E-state index in [-0.39, 0.29) is 11.8 Å². The number of carbonyl (C=O) groups is 2. The van der Waals surface area contributed by atoms with Crippen molar-refractivity contribution in [1.82, 2.24) is 15.1 Å². The highest BCUT2D eigenvalue weighted by Crippen LogP contribution is 2.30. The molecule has 1 saturated heterocycles. The van der Waals surface area contributed by atoms with E-state index in [4.69, 9.17) is 9.47 Å². The molecule has 0 saturated carbocycles. The summed E-state index contributed by atoms with van der Waals surface area (Å²) in [4.78, 5) is 29.1. The van der Waals surface area contributed by atoms with Crippen LogP contribution < -0.4 is 14.8 Å². The van der Waals surface area contributed by atoms with E-state index in [1.54, 1.807) is 14.2 Å². The van der Waals surface area contributed by atoms with Crippen LogP contribution in [0.3, 0.4) is 0 Å². The molecular weight excluding hydrogens is 394 g/mol. The average Bonchev–Trinajstić information content (AvgIpc) is 2.79. The summed E-state index contributed by atoms with van der Waals surface area (Å²) in [5.74, 6) is 1.26. The Hall–Kier alpha value is -3.06. The standard InChI is InChI=1S/C24H31N3O4/c1-17-8-9-19(14-18(17)2)24(29)27-12-10-26(11-13-27)16-22(28)25-15-20-6-5-7-21(30-3)23(20)31-4/h5-9,14H,10-13,15-16H2,1-4H3,(H,25,28). The Kier molecular flexibility index (Phi) is 7.52. The second-order valence-corrected chi connectivity index (χ2v) is 7.80. The van der Waals surface area contributed by atoms with Gasteiger partial charge >= 0.3 is 0 Å². The molecule has 2 amide bonds. The van der Waals surface area contributed by atoms with Gasteiger partial charge in [0.1, 0.15) is 0 Å². The minimum Gasteiger partial charge on any atom is -0.493 e. The van der Waals surface area contributed by atoms with Crippen LogP contribution in [0.5, 0.6) is 11.5 Å². The second-order valence-electron chi connectivity index (χ2n) is 7.80. The number of hydrogen-bond acceptors (Lipinski definition) is 5. The van der Waals surface area contributed by atoms with Crippen LogP contribution in [-0.4, -0.2) is 68.6 Å². The number of rotatable bonds is 7. The molecule has 0 unspecified atom stereocenters. The van der Waals surface area contributed by atoms with E-state index in [1.807, 2.05) is 55.1 Å². The fourth-order valence-corrected chi connectivity index (χ4v) is 3.71. The second kappa shape index (κ2) is 10.3. The number of carbonyl (C=O) groups excluding carboxylic acids is 2. The van der Waals surface area contributed by atoms with Crippen LogP contribution in [0, 0.1) is 13.8 Å². The summed E-state index contributed by atoms with van der Waals surface area (Å²) in [5.41, 5.74) is 3.88. The Morgan fingerprint density at radius 3 is 2.35 bits per heavy atom. The van der Waals surface area contributed by atoms with Crippen molar-refractivity contribution in [3.63, 3.8) is 0 Å². The van der Waals surface area contributed by atoms with Crippen molar-refractivity contribution < 1.29 is 19.1 Å². The number of para-hydroxylation sites is 1. The minimum absolute atomic E-state index is 0.0531. The van der Waals surface area contributed by atoms with Crippen LogP contribution in [0.15, 0.2) is 36.4 Å². The summed E-state index contributed by atoms with van der Waals surface area (Å²) < 4.78 is 10.7. The lowest BCUT2D eigenvalue weighted by molar-refractivity contribution is -0.122. The van der Waals surface area contributed by atoms with E-state index >= 15 is 0 Å². The molecule has 1 aliphatic heterocycles. The smallest absolute Gasteiger partial charge is 0.253 e. The first kappa shape index (κ1) is 22.6. The first-order valence-electron chi connectivity index (χ1n) is 10.5. The van der Waals surface area contributed by atoms with Gasteiger partial charge in [-0.3, -0.25) is 14.5 Å². The van der Waals surface area contributed by atoms with Crippen molar-refractivity contribution >= 4 is 11.8 Å². The highest BCUT2D eigenvalue weighted by Gasteiger charge is 2.23. The molecule has 7 heteroatoms. The third-order valence-corrected chi connectivity index (χ3v) is 5.74. The Morgan fingerprint density at radius 1 is 0.968 bits per heavy atom. The molecule has 7 nitrogen and oxygen atoms in total. The van der Waals surface area contributed by atoms with Crippen LogP contribution in [0.2, 0.25) is 0 Å². The molecule has 0 atom stereocenters. The molecule has 31 heavy (non-hydrogen) atoms. The van der Waals surface area contributed by atoms with Crippen LogP contribution in [0.1, 0.15) is 27.0 Å². The molecule has 1 heterocycles. The zero-order chi connectivity index (χ0) is 22.4. The summed E-state index contributed by atoms with van der Waals surface area (Å²) in [7, 11) is 3.17. The number of hydrogen-bond donors (Lipinski definition) is 1. The van der Waals surface area contributed by atoms with Gasteiger partial charge in [0.25, 0.3) is 5.91 Å². The number of benzene rings is 2. The summed E-state index contributed by atoms with van der Waals surface area (Å²) in [6, 6.07) is 11.4. The van der Waals surface area contributed by atoms with Gasteiger partial charge in [-0.05, 0) is 43.2 Å². The SMILES string of the molecule is COc1cccc(CNC(=O)CN2CCN(C(=O)c3ccc(C)c(C)c3)CC2)c1OC. The number of methoxy groups -OCH3 is 2. The maximum atomic E-state index is 12.8. The number of nitrogens with one attached hydrogen (secondary N) is 1. The number of piperazine rings is 1. The monoisotopic (exact) mass is 425 g/mol. The highest BCUT2D eigenvalue weighted by atomic mass is 16.5. The predicted octanol–water partition coefficient (Wildman–Crippen LogP) is 2.39. The van der Waals surface area contributed by atoms with Gasteiger partial charge in [-0.2, -0.15) is 0 Å². The molecule has 2 aromatic carbocycles. The van der Waals surface area contributed by atoms with Gasteiger partial charge in [-0.1, -0.05) is 18.2 Å². The third kappa shape index (κ3) is 5.55. The van der Waals surface area contributed by atoms with Crippen LogP contribution >= 0.6 is 0 Å². The quantitative estimate of drug-likeness (QED) is 0.738. The highest BCUT2D eigenvalue weighted by molar-refractivity contribution is 5.94. The van der Waals surface area contributed by atoms with E-state index in [1.165, 1.54) is 5.56 Å². The van der Waals surface area contributed by atoms with Gasteiger partial charge in [0.05, 0.1) is 20.8 Å². The number of ether oxygens (including phenoxy) is 2. The van der Waals surface area contributed by atoms with Crippen LogP contribution in [0.4, 0.5) is 0 Å². The summed E-state index contributed by atoms with van der Waals surface area (Å²) in [5, 5.41) is 2.95. The van der Waals surface area contributed by atoms with Gasteiger partial charge < -0.3 is 19.7 Å². The fraction of sp³-hybridized carbons (Fsp3) is 0.417. The molecule has 3 rings (SSSR count). The first-order chi connectivity index (χ1) is 14.9. The van der Waals surface area contributed by atoms with Crippen molar-refractivity contribution in [2.24, 2.45) is 0 Å². The molecule has 1 aliphatic rings. The Balaban J connectivity index is 1.48. The summed E-state index contributed by atoms with van der Waals surface area (Å²) in [6.45, 7) is 7.30. The van der Waals surface area contributed by atoms with Gasteiger partial charge in [0, 0.05) is 43.9 Å². The minimum atomic E-state index is -0.0567. The van der Waals surface area contributed by atoms with Crippen molar-refractivity contribution in [1.29, 1.82) is 0 Å². The average molecular weight is 426 g/mol. The lowest BCUT2D eigenvalue weighted by Crippen LogP contribution is -2.51. The molecule has 1 N–H and O–H groups in total. The van der Waals surface area contributed by atoms with Crippen LogP contribution in [0.25, 0.3) is 0 Å². The van der Waals surface area contributed by atoms with Crippen molar-refractivity contribution in [3.8, 4) is 11.5 Å². The number of nitrogens with zero attached hydrogens (tertiary/aromatic N) is 2. The Bertz CT molecular complexity index is 936. The maximum Gasteiger partial charge on any atom is 0.253 e. The molecule has 0 radical (unpaired) electrons. The Labute approximate surface area is 183 Å². The number of aryl methyl sites for hydroxylation is 2. The van der Waals surface area contributed by atoms with Crippen molar-refractivity contribution in [2.45, 2.75) is 20.4 Å². The van der Waals surface area contributed by atoms with Gasteiger partial charge in [0.15, 0.2) is 11.5 Å². The van der Waals surface area contributed by atoms with E-state index in [9.17, 15) is 9.59 Å². The fourth-order valence-electron chi connectivity index (χ4n) is 3.71. The Morgan fingerprint density at radius 2 is 1.71 bits per heavy atom. The summed E-state index contributed by atoms with van der Waals surface area (Å²) >= 11 is 0. The maximum absolute atomic E-state index is 12.8. The lowest BCUT2D eigenvalue weighted by Gasteiger charge is -2.34. The zero-order valence-electron chi connectivity index (χ0n) is 18.7. The van der Waals surface area contributed by atoms with Gasteiger partial charge in [-0.15, -0.1) is 0 Å². The predicted molar refractivity (Wildman–Crippen MR) is 120 cm³/mol. The number of amides is 2. The molecular formula is C24H31N3O4. The van der Waals surface area contributed by atoms with Crippen molar-refractivity contribution in [3.05, 3.63) is 58.7 Å².